The standard InChI is InChI=1S/C21H25FN4OS/c1-4-26(5-2)17-12-10-16(11-13-17)20-23-24-21(25(20)3)28-15-14-27-19-9-7-6-8-18(19)22/h6-13H,4-5,14-15H2,1-3H3. The van der Waals surface area contributed by atoms with Gasteiger partial charge in [0.1, 0.15) is 0 Å². The molecule has 3 rings (SSSR count). The van der Waals surface area contributed by atoms with Crippen molar-refractivity contribution in [2.45, 2.75) is 19.0 Å². The van der Waals surface area contributed by atoms with Crippen molar-refractivity contribution >= 4 is 17.4 Å². The molecule has 0 saturated heterocycles. The Balaban J connectivity index is 1.60. The van der Waals surface area contributed by atoms with Gasteiger partial charge in [-0.05, 0) is 50.2 Å². The monoisotopic (exact) mass is 400 g/mol. The zero-order chi connectivity index (χ0) is 19.9. The first-order valence-electron chi connectivity index (χ1n) is 9.39. The van der Waals surface area contributed by atoms with Crippen LogP contribution in [0.15, 0.2) is 53.7 Å². The summed E-state index contributed by atoms with van der Waals surface area (Å²) >= 11 is 1.54. The largest absolute Gasteiger partial charge is 0.490 e. The van der Waals surface area contributed by atoms with Crippen LogP contribution in [0, 0.1) is 5.82 Å². The van der Waals surface area contributed by atoms with Crippen LogP contribution in [-0.2, 0) is 7.05 Å². The molecular formula is C21H25FN4OS. The lowest BCUT2D eigenvalue weighted by Crippen LogP contribution is -2.21. The molecule has 0 amide bonds. The maximum atomic E-state index is 13.6. The summed E-state index contributed by atoms with van der Waals surface area (Å²) in [7, 11) is 1.95. The minimum atomic E-state index is -0.346. The number of benzene rings is 2. The first-order valence-corrected chi connectivity index (χ1v) is 10.4. The smallest absolute Gasteiger partial charge is 0.191 e. The van der Waals surface area contributed by atoms with Gasteiger partial charge < -0.3 is 14.2 Å². The molecule has 0 aliphatic rings. The molecule has 0 fully saturated rings. The molecule has 0 unspecified atom stereocenters. The molecule has 0 aliphatic heterocycles. The van der Waals surface area contributed by atoms with Crippen LogP contribution in [-0.4, -0.2) is 40.2 Å². The minimum absolute atomic E-state index is 0.273. The van der Waals surface area contributed by atoms with E-state index < -0.39 is 0 Å². The lowest BCUT2D eigenvalue weighted by atomic mass is 10.2. The minimum Gasteiger partial charge on any atom is -0.490 e. The highest BCUT2D eigenvalue weighted by Crippen LogP contribution is 2.25. The number of anilines is 1. The Kier molecular flexibility index (Phi) is 6.92. The zero-order valence-electron chi connectivity index (χ0n) is 16.4. The molecule has 148 valence electrons. The van der Waals surface area contributed by atoms with E-state index in [4.69, 9.17) is 4.74 Å². The third-order valence-corrected chi connectivity index (χ3v) is 5.48. The molecule has 0 N–H and O–H groups in total. The van der Waals surface area contributed by atoms with Gasteiger partial charge in [0.05, 0.1) is 6.61 Å². The molecule has 28 heavy (non-hydrogen) atoms. The molecular weight excluding hydrogens is 375 g/mol. The molecule has 0 spiro atoms. The van der Waals surface area contributed by atoms with E-state index in [2.05, 4.69) is 53.2 Å². The van der Waals surface area contributed by atoms with Crippen molar-refractivity contribution in [2.24, 2.45) is 7.05 Å². The van der Waals surface area contributed by atoms with Crippen molar-refractivity contribution in [3.63, 3.8) is 0 Å². The number of thioether (sulfide) groups is 1. The van der Waals surface area contributed by atoms with Gasteiger partial charge in [-0.15, -0.1) is 10.2 Å². The second-order valence-corrected chi connectivity index (χ2v) is 7.27. The summed E-state index contributed by atoms with van der Waals surface area (Å²) in [6, 6.07) is 14.8. The number of hydrogen-bond acceptors (Lipinski definition) is 5. The molecule has 7 heteroatoms. The zero-order valence-corrected chi connectivity index (χ0v) is 17.2. The summed E-state index contributed by atoms with van der Waals surface area (Å²) in [5, 5.41) is 9.42. The number of halogens is 1. The van der Waals surface area contributed by atoms with Crippen LogP contribution in [0.3, 0.4) is 0 Å². The Morgan fingerprint density at radius 3 is 2.43 bits per heavy atom. The molecule has 0 atom stereocenters. The van der Waals surface area contributed by atoms with Crippen LogP contribution < -0.4 is 9.64 Å². The van der Waals surface area contributed by atoms with Crippen LogP contribution in [0.25, 0.3) is 11.4 Å². The van der Waals surface area contributed by atoms with E-state index in [1.807, 2.05) is 11.6 Å². The van der Waals surface area contributed by atoms with E-state index in [0.717, 1.165) is 29.6 Å². The quantitative estimate of drug-likeness (QED) is 0.387. The number of nitrogens with zero attached hydrogens (tertiary/aromatic N) is 4. The highest BCUT2D eigenvalue weighted by atomic mass is 32.2. The third-order valence-electron chi connectivity index (χ3n) is 4.50. The van der Waals surface area contributed by atoms with E-state index in [1.54, 1.807) is 18.2 Å². The molecule has 1 aromatic heterocycles. The third kappa shape index (κ3) is 4.65. The molecule has 0 radical (unpaired) electrons. The van der Waals surface area contributed by atoms with Crippen LogP contribution >= 0.6 is 11.8 Å². The van der Waals surface area contributed by atoms with E-state index >= 15 is 0 Å². The van der Waals surface area contributed by atoms with Gasteiger partial charge in [0.25, 0.3) is 0 Å². The van der Waals surface area contributed by atoms with Gasteiger partial charge in [0, 0.05) is 37.1 Å². The van der Waals surface area contributed by atoms with E-state index in [9.17, 15) is 4.39 Å². The van der Waals surface area contributed by atoms with Gasteiger partial charge in [-0.3, -0.25) is 0 Å². The van der Waals surface area contributed by atoms with Crippen LogP contribution in [0.2, 0.25) is 0 Å². The molecule has 2 aromatic carbocycles. The second kappa shape index (κ2) is 9.59. The van der Waals surface area contributed by atoms with E-state index in [-0.39, 0.29) is 11.6 Å². The fraction of sp³-hybridized carbons (Fsp3) is 0.333. The Hall–Kier alpha value is -2.54. The Morgan fingerprint density at radius 1 is 1.04 bits per heavy atom. The number of rotatable bonds is 9. The summed E-state index contributed by atoms with van der Waals surface area (Å²) in [6.45, 7) is 6.66. The normalized spacial score (nSPS) is 10.9. The molecule has 3 aromatic rings. The lowest BCUT2D eigenvalue weighted by molar-refractivity contribution is 0.325. The SMILES string of the molecule is CCN(CC)c1ccc(-c2nnc(SCCOc3ccccc3F)n2C)cc1. The molecule has 5 nitrogen and oxygen atoms in total. The number of ether oxygens (including phenoxy) is 1. The number of para-hydroxylation sites is 1. The lowest BCUT2D eigenvalue weighted by Gasteiger charge is -2.21. The maximum absolute atomic E-state index is 13.6. The summed E-state index contributed by atoms with van der Waals surface area (Å²) in [5.41, 5.74) is 2.23. The predicted octanol–water partition coefficient (Wildman–Crippen LogP) is 4.64. The Bertz CT molecular complexity index is 894. The van der Waals surface area contributed by atoms with E-state index in [1.165, 1.54) is 23.5 Å². The van der Waals surface area contributed by atoms with Crippen molar-refractivity contribution in [3.05, 3.63) is 54.3 Å². The first kappa shape index (κ1) is 20.2. The molecule has 0 aliphatic carbocycles. The number of aromatic nitrogens is 3. The fourth-order valence-electron chi connectivity index (χ4n) is 2.95. The maximum Gasteiger partial charge on any atom is 0.191 e. The average Bonchev–Trinajstić information content (AvgIpc) is 3.08. The van der Waals surface area contributed by atoms with Gasteiger partial charge in [0.2, 0.25) is 0 Å². The summed E-state index contributed by atoms with van der Waals surface area (Å²) < 4.78 is 21.0. The summed E-state index contributed by atoms with van der Waals surface area (Å²) in [5.74, 6) is 1.40. The number of hydrogen-bond donors (Lipinski definition) is 0. The van der Waals surface area contributed by atoms with Gasteiger partial charge in [-0.25, -0.2) is 4.39 Å². The van der Waals surface area contributed by atoms with Gasteiger partial charge in [0.15, 0.2) is 22.5 Å². The van der Waals surface area contributed by atoms with Crippen molar-refractivity contribution in [3.8, 4) is 17.1 Å². The van der Waals surface area contributed by atoms with Gasteiger partial charge >= 0.3 is 0 Å². The highest BCUT2D eigenvalue weighted by Gasteiger charge is 2.12. The Labute approximate surface area is 169 Å². The summed E-state index contributed by atoms with van der Waals surface area (Å²) in [6.07, 6.45) is 0. The predicted molar refractivity (Wildman–Crippen MR) is 113 cm³/mol. The summed E-state index contributed by atoms with van der Waals surface area (Å²) in [4.78, 5) is 2.30. The average molecular weight is 401 g/mol. The molecule has 1 heterocycles. The first-order chi connectivity index (χ1) is 13.6. The van der Waals surface area contributed by atoms with Crippen LogP contribution in [0.1, 0.15) is 13.8 Å². The topological polar surface area (TPSA) is 43.2 Å². The Morgan fingerprint density at radius 2 is 1.75 bits per heavy atom. The molecule has 0 saturated carbocycles. The van der Waals surface area contributed by atoms with Crippen molar-refractivity contribution in [2.75, 3.05) is 30.3 Å². The van der Waals surface area contributed by atoms with Gasteiger partial charge in [-0.2, -0.15) is 0 Å². The second-order valence-electron chi connectivity index (χ2n) is 6.21. The van der Waals surface area contributed by atoms with Crippen LogP contribution in [0.5, 0.6) is 5.75 Å². The van der Waals surface area contributed by atoms with Crippen molar-refractivity contribution in [1.29, 1.82) is 0 Å². The fourth-order valence-corrected chi connectivity index (χ4v) is 3.68. The van der Waals surface area contributed by atoms with E-state index in [0.29, 0.717) is 12.4 Å². The van der Waals surface area contributed by atoms with Crippen LogP contribution in [0.4, 0.5) is 10.1 Å². The van der Waals surface area contributed by atoms with Crippen molar-refractivity contribution < 1.29 is 9.13 Å². The van der Waals surface area contributed by atoms with Crippen molar-refractivity contribution in [1.82, 2.24) is 14.8 Å². The molecule has 0 bridgehead atoms. The highest BCUT2D eigenvalue weighted by molar-refractivity contribution is 7.99. The van der Waals surface area contributed by atoms with Gasteiger partial charge in [-0.1, -0.05) is 23.9 Å².